The molecule has 1 heteroatoms. The first-order valence-electron chi connectivity index (χ1n) is 7.71. The minimum atomic E-state index is 0.258. The van der Waals surface area contributed by atoms with Crippen molar-refractivity contribution in [1.29, 1.82) is 0 Å². The topological polar surface area (TPSA) is 17.1 Å². The normalized spacial score (nSPS) is 31.6. The number of carbonyl (C=O) groups excluding carboxylic acids is 1. The van der Waals surface area contributed by atoms with Crippen LogP contribution in [0.4, 0.5) is 0 Å². The van der Waals surface area contributed by atoms with Crippen molar-refractivity contribution in [2.75, 3.05) is 0 Å². The maximum absolute atomic E-state index is 12.3. The van der Waals surface area contributed by atoms with E-state index in [-0.39, 0.29) is 10.8 Å². The van der Waals surface area contributed by atoms with Crippen LogP contribution in [0.15, 0.2) is 0 Å². The van der Waals surface area contributed by atoms with Crippen LogP contribution < -0.4 is 0 Å². The smallest absolute Gasteiger partial charge is 0.136 e. The fraction of sp³-hybridized carbons (Fsp3) is 0.941. The molecule has 1 atom stereocenters. The van der Waals surface area contributed by atoms with Crippen molar-refractivity contribution in [3.63, 3.8) is 0 Å². The zero-order valence-corrected chi connectivity index (χ0v) is 12.9. The fourth-order valence-corrected chi connectivity index (χ4v) is 4.39. The second-order valence-electron chi connectivity index (χ2n) is 8.48. The van der Waals surface area contributed by atoms with Crippen LogP contribution in [-0.4, -0.2) is 5.78 Å². The zero-order chi connectivity index (χ0) is 13.6. The van der Waals surface area contributed by atoms with E-state index >= 15 is 0 Å². The highest BCUT2D eigenvalue weighted by Gasteiger charge is 2.53. The Morgan fingerprint density at radius 2 is 1.61 bits per heavy atom. The second-order valence-corrected chi connectivity index (χ2v) is 8.48. The van der Waals surface area contributed by atoms with Crippen LogP contribution in [0.5, 0.6) is 0 Å². The average Bonchev–Trinajstić information content (AvgIpc) is 2.63. The molecule has 104 valence electrons. The van der Waals surface area contributed by atoms with Gasteiger partial charge in [-0.2, -0.15) is 0 Å². The van der Waals surface area contributed by atoms with Crippen LogP contribution in [0.3, 0.4) is 0 Å². The van der Waals surface area contributed by atoms with Gasteiger partial charge in [-0.1, -0.05) is 34.6 Å². The zero-order valence-electron chi connectivity index (χ0n) is 12.9. The third-order valence-electron chi connectivity index (χ3n) is 5.96. The second kappa shape index (κ2) is 4.35. The molecule has 2 rings (SSSR count). The molecule has 0 bridgehead atoms. The molecule has 0 aromatic heterocycles. The molecule has 1 unspecified atom stereocenters. The Morgan fingerprint density at radius 3 is 2.00 bits per heavy atom. The molecule has 0 saturated heterocycles. The van der Waals surface area contributed by atoms with Gasteiger partial charge in [-0.15, -0.1) is 0 Å². The quantitative estimate of drug-likeness (QED) is 0.641. The molecule has 18 heavy (non-hydrogen) atoms. The Labute approximate surface area is 113 Å². The summed E-state index contributed by atoms with van der Waals surface area (Å²) < 4.78 is 0. The van der Waals surface area contributed by atoms with Crippen LogP contribution >= 0.6 is 0 Å². The van der Waals surface area contributed by atoms with E-state index in [0.29, 0.717) is 17.1 Å². The van der Waals surface area contributed by atoms with E-state index in [9.17, 15) is 4.79 Å². The summed E-state index contributed by atoms with van der Waals surface area (Å²) in [5, 5.41) is 0. The highest BCUT2D eigenvalue weighted by Crippen LogP contribution is 2.60. The van der Waals surface area contributed by atoms with Crippen molar-refractivity contribution in [1.82, 2.24) is 0 Å². The lowest BCUT2D eigenvalue weighted by atomic mass is 9.50. The van der Waals surface area contributed by atoms with Gasteiger partial charge >= 0.3 is 0 Å². The molecule has 0 N–H and O–H groups in total. The third-order valence-corrected chi connectivity index (χ3v) is 5.96. The molecular formula is C17H30O. The predicted octanol–water partition coefficient (Wildman–Crippen LogP) is 4.99. The van der Waals surface area contributed by atoms with Crippen LogP contribution in [0.2, 0.25) is 0 Å². The number of hydrogen-bond acceptors (Lipinski definition) is 1. The van der Waals surface area contributed by atoms with Gasteiger partial charge in [0, 0.05) is 12.3 Å². The molecule has 1 nitrogen and oxygen atoms in total. The van der Waals surface area contributed by atoms with Crippen LogP contribution in [0, 0.1) is 22.2 Å². The Balaban J connectivity index is 2.29. The van der Waals surface area contributed by atoms with Crippen LogP contribution in [0.1, 0.15) is 79.6 Å². The Bertz CT molecular complexity index is 322. The van der Waals surface area contributed by atoms with Gasteiger partial charge in [-0.3, -0.25) is 4.79 Å². The summed E-state index contributed by atoms with van der Waals surface area (Å²) in [6.07, 6.45) is 8.19. The van der Waals surface area contributed by atoms with Gasteiger partial charge in [-0.25, -0.2) is 0 Å². The molecule has 2 fully saturated rings. The lowest BCUT2D eigenvalue weighted by molar-refractivity contribution is -0.132. The van der Waals surface area contributed by atoms with Gasteiger partial charge in [0.1, 0.15) is 5.78 Å². The first-order valence-corrected chi connectivity index (χ1v) is 7.71. The molecule has 0 spiro atoms. The van der Waals surface area contributed by atoms with Gasteiger partial charge in [0.2, 0.25) is 0 Å². The molecule has 2 saturated carbocycles. The number of rotatable bonds is 1. The first kappa shape index (κ1) is 14.1. The van der Waals surface area contributed by atoms with Crippen molar-refractivity contribution >= 4 is 5.78 Å². The summed E-state index contributed by atoms with van der Waals surface area (Å²) in [7, 11) is 0. The van der Waals surface area contributed by atoms with E-state index in [0.717, 1.165) is 19.3 Å². The Hall–Kier alpha value is -0.330. The van der Waals surface area contributed by atoms with E-state index < -0.39 is 0 Å². The fourth-order valence-electron chi connectivity index (χ4n) is 4.39. The number of carbonyl (C=O) groups is 1. The summed E-state index contributed by atoms with van der Waals surface area (Å²) in [5.41, 5.74) is 1.01. The Morgan fingerprint density at radius 1 is 1.06 bits per heavy atom. The molecule has 0 aliphatic heterocycles. The summed E-state index contributed by atoms with van der Waals surface area (Å²) in [5.74, 6) is 0.915. The van der Waals surface area contributed by atoms with E-state index in [1.54, 1.807) is 0 Å². The van der Waals surface area contributed by atoms with Crippen molar-refractivity contribution in [2.24, 2.45) is 22.2 Å². The number of hydrogen-bond donors (Lipinski definition) is 0. The molecular weight excluding hydrogens is 220 g/mol. The minimum Gasteiger partial charge on any atom is -0.299 e. The number of Topliss-reactive ketones (excluding diaryl/α,β-unsaturated/α-hetero) is 1. The maximum atomic E-state index is 12.3. The molecule has 0 heterocycles. The highest BCUT2D eigenvalue weighted by atomic mass is 16.1. The molecule has 0 amide bonds. The maximum Gasteiger partial charge on any atom is 0.136 e. The van der Waals surface area contributed by atoms with Crippen molar-refractivity contribution in [2.45, 2.75) is 79.6 Å². The summed E-state index contributed by atoms with van der Waals surface area (Å²) in [6.45, 7) is 11.8. The Kier molecular flexibility index (Phi) is 3.41. The van der Waals surface area contributed by atoms with E-state index in [1.165, 1.54) is 25.7 Å². The summed E-state index contributed by atoms with van der Waals surface area (Å²) >= 11 is 0. The lowest BCUT2D eigenvalue weighted by Crippen LogP contribution is -2.47. The molecule has 0 aromatic rings. The first-order chi connectivity index (χ1) is 8.18. The summed E-state index contributed by atoms with van der Waals surface area (Å²) in [6, 6.07) is 0. The summed E-state index contributed by atoms with van der Waals surface area (Å²) in [4.78, 5) is 12.3. The predicted molar refractivity (Wildman–Crippen MR) is 76.5 cm³/mol. The average molecular weight is 250 g/mol. The highest BCUT2D eigenvalue weighted by molar-refractivity contribution is 5.83. The van der Waals surface area contributed by atoms with Crippen LogP contribution in [-0.2, 0) is 4.79 Å². The van der Waals surface area contributed by atoms with Crippen molar-refractivity contribution in [3.8, 4) is 0 Å². The molecule has 2 aliphatic rings. The minimum absolute atomic E-state index is 0.258. The lowest BCUT2D eigenvalue weighted by Gasteiger charge is -2.54. The van der Waals surface area contributed by atoms with Crippen LogP contribution in [0.25, 0.3) is 0 Å². The van der Waals surface area contributed by atoms with Crippen molar-refractivity contribution < 1.29 is 4.79 Å². The largest absolute Gasteiger partial charge is 0.299 e. The van der Waals surface area contributed by atoms with Gasteiger partial charge in [0.05, 0.1) is 0 Å². The van der Waals surface area contributed by atoms with E-state index in [4.69, 9.17) is 0 Å². The molecule has 0 radical (unpaired) electrons. The van der Waals surface area contributed by atoms with Gasteiger partial charge in [0.15, 0.2) is 0 Å². The monoisotopic (exact) mass is 250 g/mol. The van der Waals surface area contributed by atoms with Gasteiger partial charge < -0.3 is 0 Å². The standard InChI is InChI=1S/C17H30O/c1-15(2,3)17(13-7-6-8-14(13)18)11-9-16(4,5)10-12-17/h13H,6-12H2,1-5H3. The van der Waals surface area contributed by atoms with E-state index in [1.807, 2.05) is 0 Å². The molecule has 2 aliphatic carbocycles. The van der Waals surface area contributed by atoms with Gasteiger partial charge in [0.25, 0.3) is 0 Å². The molecule has 0 aromatic carbocycles. The number of ketones is 1. The third kappa shape index (κ3) is 2.26. The SMILES string of the molecule is CC1(C)CCC(C2CCCC2=O)(C(C)(C)C)CC1. The van der Waals surface area contributed by atoms with Crippen molar-refractivity contribution in [3.05, 3.63) is 0 Å². The van der Waals surface area contributed by atoms with E-state index in [2.05, 4.69) is 34.6 Å². The van der Waals surface area contributed by atoms with Gasteiger partial charge in [-0.05, 0) is 54.8 Å².